The molecule has 4 aliphatic heterocycles. The highest BCUT2D eigenvalue weighted by molar-refractivity contribution is 5.39. The minimum absolute atomic E-state index is 0.566. The van der Waals surface area contributed by atoms with Crippen molar-refractivity contribution in [2.75, 3.05) is 47.0 Å². The van der Waals surface area contributed by atoms with Gasteiger partial charge in [0.2, 0.25) is 0 Å². The molecule has 0 unspecified atom stereocenters. The van der Waals surface area contributed by atoms with Gasteiger partial charge in [0.15, 0.2) is 0 Å². The Bertz CT molecular complexity index is 556. The Morgan fingerprint density at radius 2 is 1.88 bits per heavy atom. The van der Waals surface area contributed by atoms with Crippen LogP contribution < -0.4 is 4.74 Å². The van der Waals surface area contributed by atoms with Crippen molar-refractivity contribution in [3.8, 4) is 5.75 Å². The standard InChI is InChI=1S/C20H30N2O2/c1-23-13-5-10-22-14-17(16-6-3-4-7-18(16)24-2)20-19(22)15-8-11-21(20)12-9-15/h3-4,6-7,15,17,19-20H,5,8-14H2,1-2H3/t17-,19-,20-/m0/s1. The molecule has 0 spiro atoms. The predicted molar refractivity (Wildman–Crippen MR) is 95.7 cm³/mol. The number of benzene rings is 1. The molecule has 4 saturated heterocycles. The summed E-state index contributed by atoms with van der Waals surface area (Å²) < 4.78 is 11.0. The molecule has 0 radical (unpaired) electrons. The van der Waals surface area contributed by atoms with Crippen molar-refractivity contribution in [1.82, 2.24) is 9.80 Å². The summed E-state index contributed by atoms with van der Waals surface area (Å²) in [5.74, 6) is 2.50. The molecule has 4 aliphatic rings. The van der Waals surface area contributed by atoms with Gasteiger partial charge in [0.25, 0.3) is 0 Å². The van der Waals surface area contributed by atoms with E-state index in [0.717, 1.165) is 43.8 Å². The number of methoxy groups -OCH3 is 2. The van der Waals surface area contributed by atoms with Crippen molar-refractivity contribution in [1.29, 1.82) is 0 Å². The summed E-state index contributed by atoms with van der Waals surface area (Å²) in [7, 11) is 3.60. The van der Waals surface area contributed by atoms with Crippen LogP contribution in [-0.2, 0) is 4.74 Å². The normalized spacial score (nSPS) is 35.2. The summed E-state index contributed by atoms with van der Waals surface area (Å²) in [5.41, 5.74) is 1.40. The van der Waals surface area contributed by atoms with E-state index in [2.05, 4.69) is 34.1 Å². The zero-order valence-corrected chi connectivity index (χ0v) is 15.0. The topological polar surface area (TPSA) is 24.9 Å². The van der Waals surface area contributed by atoms with Crippen LogP contribution in [0.3, 0.4) is 0 Å². The molecule has 0 amide bonds. The number of piperidine rings is 3. The fourth-order valence-corrected chi connectivity index (χ4v) is 5.45. The molecule has 4 heteroatoms. The predicted octanol–water partition coefficient (Wildman–Crippen LogP) is 2.59. The van der Waals surface area contributed by atoms with Crippen molar-refractivity contribution >= 4 is 0 Å². The van der Waals surface area contributed by atoms with Crippen molar-refractivity contribution in [3.05, 3.63) is 29.8 Å². The minimum Gasteiger partial charge on any atom is -0.496 e. The maximum Gasteiger partial charge on any atom is 0.122 e. The van der Waals surface area contributed by atoms with Crippen LogP contribution in [0, 0.1) is 5.92 Å². The largest absolute Gasteiger partial charge is 0.496 e. The zero-order chi connectivity index (χ0) is 16.5. The lowest BCUT2D eigenvalue weighted by Crippen LogP contribution is -2.60. The van der Waals surface area contributed by atoms with Crippen LogP contribution in [0.1, 0.15) is 30.7 Å². The molecule has 1 aromatic rings. The average molecular weight is 330 g/mol. The lowest BCUT2D eigenvalue weighted by atomic mass is 9.75. The molecule has 2 bridgehead atoms. The van der Waals surface area contributed by atoms with E-state index in [-0.39, 0.29) is 0 Å². The molecule has 4 fully saturated rings. The highest BCUT2D eigenvalue weighted by Crippen LogP contribution is 2.47. The van der Waals surface area contributed by atoms with E-state index in [1.54, 1.807) is 14.2 Å². The lowest BCUT2D eigenvalue weighted by Gasteiger charge is -2.51. The van der Waals surface area contributed by atoms with Gasteiger partial charge >= 0.3 is 0 Å². The Morgan fingerprint density at radius 3 is 2.62 bits per heavy atom. The summed E-state index contributed by atoms with van der Waals surface area (Å²) in [5, 5.41) is 0. The van der Waals surface area contributed by atoms with Gasteiger partial charge in [0.05, 0.1) is 7.11 Å². The molecule has 0 N–H and O–H groups in total. The summed E-state index contributed by atoms with van der Waals surface area (Å²) in [4.78, 5) is 5.52. The molecule has 3 atom stereocenters. The first-order chi connectivity index (χ1) is 11.8. The van der Waals surface area contributed by atoms with Crippen molar-refractivity contribution in [2.24, 2.45) is 5.92 Å². The van der Waals surface area contributed by atoms with Gasteiger partial charge in [-0.2, -0.15) is 0 Å². The zero-order valence-electron chi connectivity index (χ0n) is 15.0. The molecule has 132 valence electrons. The van der Waals surface area contributed by atoms with Gasteiger partial charge < -0.3 is 9.47 Å². The molecule has 24 heavy (non-hydrogen) atoms. The summed E-state index contributed by atoms with van der Waals surface area (Å²) in [6, 6.07) is 10.0. The number of rotatable bonds is 6. The van der Waals surface area contributed by atoms with Crippen molar-refractivity contribution in [2.45, 2.75) is 37.3 Å². The molecule has 4 heterocycles. The van der Waals surface area contributed by atoms with Gasteiger partial charge in [-0.1, -0.05) is 18.2 Å². The SMILES string of the molecule is COCCCN1C[C@@H](c2ccccc2OC)[C@H]2[C@@H]1C1CCN2CC1. The Labute approximate surface area is 145 Å². The Kier molecular flexibility index (Phi) is 4.79. The molecular weight excluding hydrogens is 300 g/mol. The van der Waals surface area contributed by atoms with Gasteiger partial charge in [-0.3, -0.25) is 9.80 Å². The third kappa shape index (κ3) is 2.75. The van der Waals surface area contributed by atoms with E-state index in [1.165, 1.54) is 31.5 Å². The summed E-state index contributed by atoms with van der Waals surface area (Å²) in [6.07, 6.45) is 3.88. The molecule has 1 aromatic carbocycles. The molecule has 5 rings (SSSR count). The number of hydrogen-bond donors (Lipinski definition) is 0. The fraction of sp³-hybridized carbons (Fsp3) is 0.700. The molecule has 0 saturated carbocycles. The van der Waals surface area contributed by atoms with Gasteiger partial charge in [0, 0.05) is 50.4 Å². The van der Waals surface area contributed by atoms with E-state index in [9.17, 15) is 0 Å². The van der Waals surface area contributed by atoms with Crippen LogP contribution in [0.15, 0.2) is 24.3 Å². The maximum atomic E-state index is 5.69. The van der Waals surface area contributed by atoms with Gasteiger partial charge in [0.1, 0.15) is 5.75 Å². The van der Waals surface area contributed by atoms with Gasteiger partial charge in [-0.05, 0) is 44.3 Å². The first-order valence-corrected chi connectivity index (χ1v) is 9.43. The van der Waals surface area contributed by atoms with Crippen LogP contribution in [-0.4, -0.2) is 68.9 Å². The van der Waals surface area contributed by atoms with Crippen molar-refractivity contribution < 1.29 is 9.47 Å². The summed E-state index contributed by atoms with van der Waals surface area (Å²) in [6.45, 7) is 5.74. The highest BCUT2D eigenvalue weighted by Gasteiger charge is 2.53. The second-order valence-corrected chi connectivity index (χ2v) is 7.54. The van der Waals surface area contributed by atoms with Crippen LogP contribution in [0.25, 0.3) is 0 Å². The van der Waals surface area contributed by atoms with E-state index >= 15 is 0 Å². The first-order valence-electron chi connectivity index (χ1n) is 9.43. The van der Waals surface area contributed by atoms with Crippen LogP contribution >= 0.6 is 0 Å². The van der Waals surface area contributed by atoms with Gasteiger partial charge in [-0.25, -0.2) is 0 Å². The van der Waals surface area contributed by atoms with E-state index < -0.39 is 0 Å². The Hall–Kier alpha value is -1.10. The van der Waals surface area contributed by atoms with Crippen molar-refractivity contribution in [3.63, 3.8) is 0 Å². The first kappa shape index (κ1) is 16.4. The minimum atomic E-state index is 0.566. The van der Waals surface area contributed by atoms with E-state index in [0.29, 0.717) is 12.0 Å². The van der Waals surface area contributed by atoms with Crippen LogP contribution in [0.5, 0.6) is 5.75 Å². The molecule has 0 aromatic heterocycles. The quantitative estimate of drug-likeness (QED) is 0.749. The monoisotopic (exact) mass is 330 g/mol. The van der Waals surface area contributed by atoms with E-state index in [4.69, 9.17) is 9.47 Å². The number of ether oxygens (including phenoxy) is 2. The summed E-state index contributed by atoms with van der Waals surface area (Å²) >= 11 is 0. The second-order valence-electron chi connectivity index (χ2n) is 7.54. The molecule has 0 aliphatic carbocycles. The Morgan fingerprint density at radius 1 is 1.08 bits per heavy atom. The van der Waals surface area contributed by atoms with E-state index in [1.807, 2.05) is 0 Å². The average Bonchev–Trinajstić information content (AvgIpc) is 3.04. The number of para-hydroxylation sites is 1. The third-order valence-electron chi connectivity index (χ3n) is 6.43. The number of fused-ring (bicyclic) bond motifs is 2. The maximum absolute atomic E-state index is 5.69. The second kappa shape index (κ2) is 7.03. The number of likely N-dealkylation sites (tertiary alicyclic amines) is 1. The third-order valence-corrected chi connectivity index (χ3v) is 6.43. The smallest absolute Gasteiger partial charge is 0.122 e. The van der Waals surface area contributed by atoms with Gasteiger partial charge in [-0.15, -0.1) is 0 Å². The highest BCUT2D eigenvalue weighted by atomic mass is 16.5. The fourth-order valence-electron chi connectivity index (χ4n) is 5.45. The lowest BCUT2D eigenvalue weighted by molar-refractivity contribution is -0.00813. The Balaban J connectivity index is 1.62. The number of nitrogens with zero attached hydrogens (tertiary/aromatic N) is 2. The van der Waals surface area contributed by atoms with Crippen LogP contribution in [0.4, 0.5) is 0 Å². The van der Waals surface area contributed by atoms with Crippen LogP contribution in [0.2, 0.25) is 0 Å². The number of hydrogen-bond acceptors (Lipinski definition) is 4. The molecule has 4 nitrogen and oxygen atoms in total. The molecular formula is C20H30N2O2.